The van der Waals surface area contributed by atoms with Crippen LogP contribution in [0.1, 0.15) is 30.5 Å². The van der Waals surface area contributed by atoms with E-state index in [0.29, 0.717) is 0 Å². The summed E-state index contributed by atoms with van der Waals surface area (Å²) in [5, 5.41) is 0. The molecule has 2 rings (SSSR count). The van der Waals surface area contributed by atoms with Crippen molar-refractivity contribution in [2.45, 2.75) is 34.6 Å². The van der Waals surface area contributed by atoms with E-state index in [1.54, 1.807) is 6.33 Å². The van der Waals surface area contributed by atoms with E-state index in [0.717, 1.165) is 5.52 Å². The molecule has 0 fully saturated rings. The van der Waals surface area contributed by atoms with Gasteiger partial charge in [-0.1, -0.05) is 19.9 Å². The minimum absolute atomic E-state index is 1.10. The van der Waals surface area contributed by atoms with Crippen molar-refractivity contribution < 1.29 is 0 Å². The van der Waals surface area contributed by atoms with E-state index in [2.05, 4.69) is 36.8 Å². The highest BCUT2D eigenvalue weighted by Crippen LogP contribution is 2.21. The van der Waals surface area contributed by atoms with Crippen LogP contribution in [0.3, 0.4) is 0 Å². The standard InChI is InChI=1S/C10H12N2.C2H6/c1-6-4-7(2)9-10(8(6)3)12-5-11-9;1-2/h4-5H,1-3H3,(H,11,12);1-2H3. The number of H-pyrrole nitrogens is 1. The lowest BCUT2D eigenvalue weighted by atomic mass is 10.0. The Hall–Kier alpha value is -1.31. The first-order chi connectivity index (χ1) is 6.70. The van der Waals surface area contributed by atoms with E-state index in [9.17, 15) is 0 Å². The fraction of sp³-hybridized carbons (Fsp3) is 0.417. The molecule has 0 saturated heterocycles. The smallest absolute Gasteiger partial charge is 0.0932 e. The van der Waals surface area contributed by atoms with Crippen molar-refractivity contribution in [1.29, 1.82) is 0 Å². The summed E-state index contributed by atoms with van der Waals surface area (Å²) in [6, 6.07) is 2.18. The minimum atomic E-state index is 1.10. The summed E-state index contributed by atoms with van der Waals surface area (Å²) in [7, 11) is 0. The predicted molar refractivity (Wildman–Crippen MR) is 61.7 cm³/mol. The van der Waals surface area contributed by atoms with Gasteiger partial charge in [-0.05, 0) is 37.5 Å². The number of rotatable bonds is 0. The van der Waals surface area contributed by atoms with Gasteiger partial charge in [0.1, 0.15) is 0 Å². The lowest BCUT2D eigenvalue weighted by Gasteiger charge is -2.02. The van der Waals surface area contributed by atoms with Crippen LogP contribution >= 0.6 is 0 Å². The number of hydrogen-bond acceptors (Lipinski definition) is 1. The molecule has 0 bridgehead atoms. The molecular formula is C12H18N2. The lowest BCUT2D eigenvalue weighted by molar-refractivity contribution is 1.32. The van der Waals surface area contributed by atoms with Gasteiger partial charge in [-0.3, -0.25) is 0 Å². The monoisotopic (exact) mass is 190 g/mol. The molecule has 2 aromatic rings. The van der Waals surface area contributed by atoms with Gasteiger partial charge in [0.05, 0.1) is 17.4 Å². The number of fused-ring (bicyclic) bond motifs is 1. The normalized spacial score (nSPS) is 9.79. The number of aryl methyl sites for hydroxylation is 3. The number of benzene rings is 1. The molecule has 0 radical (unpaired) electrons. The van der Waals surface area contributed by atoms with Crippen LogP contribution in [0.15, 0.2) is 12.4 Å². The second-order valence-corrected chi connectivity index (χ2v) is 3.26. The second-order valence-electron chi connectivity index (χ2n) is 3.26. The molecule has 1 aromatic heterocycles. The molecule has 14 heavy (non-hydrogen) atoms. The summed E-state index contributed by atoms with van der Waals surface area (Å²) in [5.74, 6) is 0. The van der Waals surface area contributed by atoms with Gasteiger partial charge in [0.2, 0.25) is 0 Å². The van der Waals surface area contributed by atoms with Gasteiger partial charge >= 0.3 is 0 Å². The van der Waals surface area contributed by atoms with E-state index in [1.807, 2.05) is 13.8 Å². The SMILES string of the molecule is CC.Cc1cc(C)c2nc[nH]c2c1C. The van der Waals surface area contributed by atoms with Crippen LogP contribution in [0.5, 0.6) is 0 Å². The van der Waals surface area contributed by atoms with Gasteiger partial charge in [0.25, 0.3) is 0 Å². The van der Waals surface area contributed by atoms with Gasteiger partial charge < -0.3 is 4.98 Å². The first kappa shape index (κ1) is 10.8. The lowest BCUT2D eigenvalue weighted by Crippen LogP contribution is -1.86. The molecule has 1 heterocycles. The zero-order valence-corrected chi connectivity index (χ0v) is 9.60. The van der Waals surface area contributed by atoms with Crippen LogP contribution in [0.2, 0.25) is 0 Å². The van der Waals surface area contributed by atoms with Crippen LogP contribution in [0, 0.1) is 20.8 Å². The van der Waals surface area contributed by atoms with Gasteiger partial charge in [-0.15, -0.1) is 0 Å². The highest BCUT2D eigenvalue weighted by molar-refractivity contribution is 5.82. The van der Waals surface area contributed by atoms with E-state index >= 15 is 0 Å². The first-order valence-electron chi connectivity index (χ1n) is 5.10. The summed E-state index contributed by atoms with van der Waals surface area (Å²) in [6.07, 6.45) is 1.75. The first-order valence-corrected chi connectivity index (χ1v) is 5.10. The molecule has 0 aliphatic rings. The van der Waals surface area contributed by atoms with E-state index in [1.165, 1.54) is 22.2 Å². The third-order valence-electron chi connectivity index (χ3n) is 2.41. The van der Waals surface area contributed by atoms with Crippen LogP contribution < -0.4 is 0 Å². The maximum atomic E-state index is 4.26. The van der Waals surface area contributed by atoms with Gasteiger partial charge in [0.15, 0.2) is 0 Å². The highest BCUT2D eigenvalue weighted by Gasteiger charge is 2.04. The Kier molecular flexibility index (Phi) is 3.28. The molecule has 0 aliphatic heterocycles. The van der Waals surface area contributed by atoms with Crippen molar-refractivity contribution in [3.63, 3.8) is 0 Å². The fourth-order valence-electron chi connectivity index (χ4n) is 1.58. The Morgan fingerprint density at radius 3 is 2.36 bits per heavy atom. The van der Waals surface area contributed by atoms with Crippen LogP contribution in [0.4, 0.5) is 0 Å². The molecule has 1 aromatic carbocycles. The predicted octanol–water partition coefficient (Wildman–Crippen LogP) is 3.51. The largest absolute Gasteiger partial charge is 0.344 e. The second kappa shape index (κ2) is 4.27. The average Bonchev–Trinajstić information content (AvgIpc) is 2.67. The van der Waals surface area contributed by atoms with Crippen molar-refractivity contribution in [3.8, 4) is 0 Å². The quantitative estimate of drug-likeness (QED) is 0.676. The number of aromatic nitrogens is 2. The number of aromatic amines is 1. The maximum Gasteiger partial charge on any atom is 0.0932 e. The number of imidazole rings is 1. The zero-order valence-electron chi connectivity index (χ0n) is 9.60. The minimum Gasteiger partial charge on any atom is -0.344 e. The number of hydrogen-bond donors (Lipinski definition) is 1. The molecule has 0 spiro atoms. The maximum absolute atomic E-state index is 4.26. The zero-order chi connectivity index (χ0) is 10.7. The van der Waals surface area contributed by atoms with Crippen molar-refractivity contribution in [2.75, 3.05) is 0 Å². The summed E-state index contributed by atoms with van der Waals surface area (Å²) < 4.78 is 0. The van der Waals surface area contributed by atoms with Crippen molar-refractivity contribution in [1.82, 2.24) is 9.97 Å². The summed E-state index contributed by atoms with van der Waals surface area (Å²) in [6.45, 7) is 10.3. The number of nitrogens with one attached hydrogen (secondary N) is 1. The Bertz CT molecular complexity index is 427. The Balaban J connectivity index is 0.000000461. The van der Waals surface area contributed by atoms with Crippen LogP contribution in [-0.2, 0) is 0 Å². The summed E-state index contributed by atoms with van der Waals surface area (Å²) >= 11 is 0. The molecule has 0 unspecified atom stereocenters. The molecule has 1 N–H and O–H groups in total. The van der Waals surface area contributed by atoms with E-state index < -0.39 is 0 Å². The molecule has 0 saturated carbocycles. The molecular weight excluding hydrogens is 172 g/mol. The Labute approximate surface area is 85.4 Å². The molecule has 0 aliphatic carbocycles. The fourth-order valence-corrected chi connectivity index (χ4v) is 1.58. The van der Waals surface area contributed by atoms with Crippen molar-refractivity contribution in [3.05, 3.63) is 29.1 Å². The summed E-state index contributed by atoms with van der Waals surface area (Å²) in [5.41, 5.74) is 6.14. The number of nitrogens with zero attached hydrogens (tertiary/aromatic N) is 1. The van der Waals surface area contributed by atoms with E-state index in [-0.39, 0.29) is 0 Å². The molecule has 0 amide bonds. The molecule has 76 valence electrons. The molecule has 0 atom stereocenters. The van der Waals surface area contributed by atoms with Gasteiger partial charge in [-0.2, -0.15) is 0 Å². The summed E-state index contributed by atoms with van der Waals surface area (Å²) in [4.78, 5) is 7.42. The average molecular weight is 190 g/mol. The third kappa shape index (κ3) is 1.65. The molecule has 2 nitrogen and oxygen atoms in total. The third-order valence-corrected chi connectivity index (χ3v) is 2.41. The van der Waals surface area contributed by atoms with Crippen LogP contribution in [0.25, 0.3) is 11.0 Å². The van der Waals surface area contributed by atoms with Crippen LogP contribution in [-0.4, -0.2) is 9.97 Å². The van der Waals surface area contributed by atoms with Crippen molar-refractivity contribution in [2.24, 2.45) is 0 Å². The van der Waals surface area contributed by atoms with Gasteiger partial charge in [0, 0.05) is 0 Å². The molecule has 2 heteroatoms. The van der Waals surface area contributed by atoms with E-state index in [4.69, 9.17) is 0 Å². The highest BCUT2D eigenvalue weighted by atomic mass is 14.9. The Morgan fingerprint density at radius 1 is 1.07 bits per heavy atom. The van der Waals surface area contributed by atoms with Crippen molar-refractivity contribution >= 4 is 11.0 Å². The topological polar surface area (TPSA) is 28.7 Å². The Morgan fingerprint density at radius 2 is 1.71 bits per heavy atom. The van der Waals surface area contributed by atoms with Gasteiger partial charge in [-0.25, -0.2) is 4.98 Å².